The molecule has 0 bridgehead atoms. The molecule has 0 amide bonds. The van der Waals surface area contributed by atoms with E-state index in [1.807, 2.05) is 0 Å². The second-order valence-corrected chi connectivity index (χ2v) is 4.45. The predicted molar refractivity (Wildman–Crippen MR) is 62.9 cm³/mol. The van der Waals surface area contributed by atoms with Gasteiger partial charge in [-0.3, -0.25) is 0 Å². The molecule has 1 fully saturated rings. The summed E-state index contributed by atoms with van der Waals surface area (Å²) in [6.07, 6.45) is -5.34. The van der Waals surface area contributed by atoms with Crippen LogP contribution >= 0.6 is 0 Å². The Kier molecular flexibility index (Phi) is 6.00. The summed E-state index contributed by atoms with van der Waals surface area (Å²) in [4.78, 5) is 0. The van der Waals surface area contributed by atoms with Gasteiger partial charge in [0.25, 0.3) is 0 Å². The third-order valence-corrected chi connectivity index (χ3v) is 3.07. The van der Waals surface area contributed by atoms with Crippen molar-refractivity contribution in [2.24, 2.45) is 0 Å². The lowest BCUT2D eigenvalue weighted by Gasteiger charge is -2.27. The number of hydrogen-bond donors (Lipinski definition) is 7. The van der Waals surface area contributed by atoms with Crippen molar-refractivity contribution < 1.29 is 30.6 Å². The molecule has 18 heavy (non-hydrogen) atoms. The SMILES string of the molecule is OC[C@H](O)[C@@H](O)[C@@H](O)[C@@H](O)/C(O)=C1\CCCNC1. The van der Waals surface area contributed by atoms with E-state index in [4.69, 9.17) is 10.2 Å². The summed E-state index contributed by atoms with van der Waals surface area (Å²) >= 11 is 0. The van der Waals surface area contributed by atoms with Crippen LogP contribution in [0.3, 0.4) is 0 Å². The summed E-state index contributed by atoms with van der Waals surface area (Å²) in [5.41, 5.74) is 0.568. The van der Waals surface area contributed by atoms with Crippen LogP contribution in [0.15, 0.2) is 11.3 Å². The summed E-state index contributed by atoms with van der Waals surface area (Å²) in [5, 5.41) is 59.3. The normalized spacial score (nSPS) is 26.3. The number of aliphatic hydroxyl groups is 6. The highest BCUT2D eigenvalue weighted by Crippen LogP contribution is 2.18. The Bertz CT molecular complexity index is 287. The topological polar surface area (TPSA) is 133 Å². The molecule has 1 aliphatic rings. The van der Waals surface area contributed by atoms with Gasteiger partial charge in [0, 0.05) is 6.54 Å². The first-order valence-electron chi connectivity index (χ1n) is 5.93. The van der Waals surface area contributed by atoms with Crippen molar-refractivity contribution in [3.8, 4) is 0 Å². The standard InChI is InChI=1S/C11H21NO6/c13-5-7(14)9(16)11(18)10(17)8(15)6-2-1-3-12-4-6/h7,9-18H,1-5H2/b8-6-/t7-,9+,10-,11+/m0/s1. The molecule has 7 nitrogen and oxygen atoms in total. The summed E-state index contributed by atoms with van der Waals surface area (Å²) in [5.74, 6) is -0.390. The minimum atomic E-state index is -1.76. The maximum absolute atomic E-state index is 9.79. The van der Waals surface area contributed by atoms with Crippen LogP contribution in [0.25, 0.3) is 0 Å². The molecule has 0 aliphatic carbocycles. The molecule has 1 rings (SSSR count). The lowest BCUT2D eigenvalue weighted by Crippen LogP contribution is -2.47. The van der Waals surface area contributed by atoms with E-state index in [0.717, 1.165) is 13.0 Å². The quantitative estimate of drug-likeness (QED) is 0.275. The van der Waals surface area contributed by atoms with Crippen LogP contribution in [-0.2, 0) is 0 Å². The average Bonchev–Trinajstić information content (AvgIpc) is 2.44. The fourth-order valence-electron chi connectivity index (χ4n) is 1.87. The van der Waals surface area contributed by atoms with Crippen molar-refractivity contribution in [3.63, 3.8) is 0 Å². The zero-order chi connectivity index (χ0) is 13.7. The Morgan fingerprint density at radius 2 is 1.83 bits per heavy atom. The van der Waals surface area contributed by atoms with E-state index in [1.54, 1.807) is 0 Å². The molecule has 106 valence electrons. The van der Waals surface area contributed by atoms with E-state index in [1.165, 1.54) is 0 Å². The van der Waals surface area contributed by atoms with Gasteiger partial charge in [0.05, 0.1) is 6.61 Å². The van der Waals surface area contributed by atoms with E-state index in [0.29, 0.717) is 18.5 Å². The van der Waals surface area contributed by atoms with Gasteiger partial charge in [-0.15, -0.1) is 0 Å². The van der Waals surface area contributed by atoms with Gasteiger partial charge in [0.2, 0.25) is 0 Å². The van der Waals surface area contributed by atoms with Gasteiger partial charge in [-0.1, -0.05) is 0 Å². The lowest BCUT2D eigenvalue weighted by atomic mass is 9.97. The molecule has 7 heteroatoms. The Balaban J connectivity index is 2.70. The first-order valence-corrected chi connectivity index (χ1v) is 5.93. The summed E-state index contributed by atoms with van der Waals surface area (Å²) in [6.45, 7) is 0.485. The fourth-order valence-corrected chi connectivity index (χ4v) is 1.87. The van der Waals surface area contributed by atoms with Gasteiger partial charge in [0.1, 0.15) is 30.2 Å². The largest absolute Gasteiger partial charge is 0.509 e. The molecule has 7 N–H and O–H groups in total. The van der Waals surface area contributed by atoms with Crippen LogP contribution in [-0.4, -0.2) is 74.8 Å². The number of aliphatic hydroxyl groups excluding tert-OH is 6. The van der Waals surface area contributed by atoms with Crippen molar-refractivity contribution in [3.05, 3.63) is 11.3 Å². The van der Waals surface area contributed by atoms with Crippen molar-refractivity contribution in [2.75, 3.05) is 19.7 Å². The molecule has 0 aromatic heterocycles. The van der Waals surface area contributed by atoms with Crippen LogP contribution in [0.4, 0.5) is 0 Å². The Morgan fingerprint density at radius 3 is 2.33 bits per heavy atom. The van der Waals surface area contributed by atoms with Crippen molar-refractivity contribution >= 4 is 0 Å². The average molecular weight is 263 g/mol. The molecule has 0 aromatic carbocycles. The maximum Gasteiger partial charge on any atom is 0.139 e. The van der Waals surface area contributed by atoms with Crippen LogP contribution in [0, 0.1) is 0 Å². The number of rotatable bonds is 5. The Morgan fingerprint density at radius 1 is 1.17 bits per heavy atom. The fraction of sp³-hybridized carbons (Fsp3) is 0.818. The van der Waals surface area contributed by atoms with Crippen molar-refractivity contribution in [1.29, 1.82) is 0 Å². The van der Waals surface area contributed by atoms with Crippen molar-refractivity contribution in [1.82, 2.24) is 5.32 Å². The lowest BCUT2D eigenvalue weighted by molar-refractivity contribution is -0.113. The molecule has 0 aromatic rings. The van der Waals surface area contributed by atoms with E-state index in [9.17, 15) is 20.4 Å². The molecule has 1 heterocycles. The zero-order valence-corrected chi connectivity index (χ0v) is 10.0. The van der Waals surface area contributed by atoms with E-state index >= 15 is 0 Å². The molecule has 1 saturated heterocycles. The second-order valence-electron chi connectivity index (χ2n) is 4.45. The molecular weight excluding hydrogens is 242 g/mol. The Hall–Kier alpha value is -0.700. The molecule has 0 radical (unpaired) electrons. The molecule has 0 unspecified atom stereocenters. The molecule has 0 spiro atoms. The third-order valence-electron chi connectivity index (χ3n) is 3.07. The van der Waals surface area contributed by atoms with Crippen LogP contribution in [0.5, 0.6) is 0 Å². The minimum Gasteiger partial charge on any atom is -0.509 e. The first kappa shape index (κ1) is 15.4. The van der Waals surface area contributed by atoms with Crippen LogP contribution in [0.1, 0.15) is 12.8 Å². The van der Waals surface area contributed by atoms with E-state index < -0.39 is 31.0 Å². The smallest absolute Gasteiger partial charge is 0.139 e. The number of nitrogens with one attached hydrogen (secondary N) is 1. The van der Waals surface area contributed by atoms with Gasteiger partial charge < -0.3 is 36.0 Å². The number of hydrogen-bond acceptors (Lipinski definition) is 7. The molecular formula is C11H21NO6. The van der Waals surface area contributed by atoms with Gasteiger partial charge in [-0.2, -0.15) is 0 Å². The minimum absolute atomic E-state index is 0.390. The zero-order valence-electron chi connectivity index (χ0n) is 10.0. The third kappa shape index (κ3) is 3.64. The van der Waals surface area contributed by atoms with Crippen LogP contribution in [0.2, 0.25) is 0 Å². The molecule has 0 saturated carbocycles. The first-order chi connectivity index (χ1) is 8.49. The second kappa shape index (κ2) is 7.03. The van der Waals surface area contributed by atoms with Gasteiger partial charge in [0.15, 0.2) is 0 Å². The molecule has 4 atom stereocenters. The Labute approximate surface area is 105 Å². The van der Waals surface area contributed by atoms with Crippen LogP contribution < -0.4 is 5.32 Å². The summed E-state index contributed by atoms with van der Waals surface area (Å²) in [7, 11) is 0. The highest BCUT2D eigenvalue weighted by molar-refractivity contribution is 5.16. The van der Waals surface area contributed by atoms with E-state index in [-0.39, 0.29) is 5.76 Å². The highest BCUT2D eigenvalue weighted by atomic mass is 16.4. The summed E-state index contributed by atoms with van der Waals surface area (Å²) < 4.78 is 0. The van der Waals surface area contributed by atoms with Gasteiger partial charge >= 0.3 is 0 Å². The maximum atomic E-state index is 9.79. The monoisotopic (exact) mass is 263 g/mol. The predicted octanol–water partition coefficient (Wildman–Crippen LogP) is -2.38. The highest BCUT2D eigenvalue weighted by Gasteiger charge is 2.33. The van der Waals surface area contributed by atoms with Crippen molar-refractivity contribution in [2.45, 2.75) is 37.3 Å². The molecule has 1 aliphatic heterocycles. The van der Waals surface area contributed by atoms with Gasteiger partial charge in [-0.25, -0.2) is 0 Å². The van der Waals surface area contributed by atoms with Gasteiger partial charge in [-0.05, 0) is 25.0 Å². The number of piperidine rings is 1. The summed E-state index contributed by atoms with van der Waals surface area (Å²) in [6, 6.07) is 0. The van der Waals surface area contributed by atoms with E-state index in [2.05, 4.69) is 5.32 Å².